The van der Waals surface area contributed by atoms with E-state index in [2.05, 4.69) is 5.32 Å². The van der Waals surface area contributed by atoms with Gasteiger partial charge in [-0.25, -0.2) is 8.42 Å². The van der Waals surface area contributed by atoms with Gasteiger partial charge in [0.15, 0.2) is 0 Å². The summed E-state index contributed by atoms with van der Waals surface area (Å²) in [6, 6.07) is 0.276. The molecule has 2 bridgehead atoms. The Balaban J connectivity index is 1.53. The molecule has 3 aliphatic carbocycles. The predicted octanol–water partition coefficient (Wildman–Crippen LogP) is 1.08. The van der Waals surface area contributed by atoms with Crippen LogP contribution in [0.5, 0.6) is 0 Å². The fourth-order valence-corrected chi connectivity index (χ4v) is 6.03. The molecule has 3 N–H and O–H groups in total. The Kier molecular flexibility index (Phi) is 4.27. The van der Waals surface area contributed by atoms with E-state index in [0.717, 1.165) is 38.5 Å². The van der Waals surface area contributed by atoms with E-state index in [4.69, 9.17) is 5.73 Å². The molecule has 3 fully saturated rings. The zero-order valence-corrected chi connectivity index (χ0v) is 14.2. The van der Waals surface area contributed by atoms with Crippen molar-refractivity contribution in [3.63, 3.8) is 0 Å². The zero-order valence-electron chi connectivity index (χ0n) is 13.4. The molecular weight excluding hydrogens is 300 g/mol. The minimum Gasteiger partial charge on any atom is -0.355 e. The van der Waals surface area contributed by atoms with Crippen molar-refractivity contribution in [1.29, 1.82) is 0 Å². The number of nitrogens with two attached hydrogens (primary N) is 1. The highest BCUT2D eigenvalue weighted by Gasteiger charge is 2.46. The summed E-state index contributed by atoms with van der Waals surface area (Å²) < 4.78 is 23.0. The van der Waals surface area contributed by atoms with Gasteiger partial charge in [-0.15, -0.1) is 0 Å². The summed E-state index contributed by atoms with van der Waals surface area (Å²) in [5.41, 5.74) is 6.08. The van der Waals surface area contributed by atoms with Crippen molar-refractivity contribution in [3.8, 4) is 0 Å². The lowest BCUT2D eigenvalue weighted by Crippen LogP contribution is -2.49. The molecule has 126 valence electrons. The lowest BCUT2D eigenvalue weighted by molar-refractivity contribution is -0.128. The first-order valence-corrected chi connectivity index (χ1v) is 10.6. The van der Waals surface area contributed by atoms with Crippen molar-refractivity contribution in [1.82, 2.24) is 5.32 Å². The average Bonchev–Trinajstić information content (AvgIpc) is 3.13. The maximum Gasteiger partial charge on any atom is 0.223 e. The van der Waals surface area contributed by atoms with Gasteiger partial charge in [-0.2, -0.15) is 0 Å². The third-order valence-corrected chi connectivity index (χ3v) is 7.08. The lowest BCUT2D eigenvalue weighted by Gasteiger charge is -2.43. The van der Waals surface area contributed by atoms with Crippen LogP contribution in [0.25, 0.3) is 0 Å². The molecule has 3 rings (SSSR count). The molecule has 0 spiro atoms. The van der Waals surface area contributed by atoms with Crippen molar-refractivity contribution < 1.29 is 13.2 Å². The van der Waals surface area contributed by atoms with Crippen LogP contribution in [-0.4, -0.2) is 38.9 Å². The molecule has 0 radical (unpaired) electrons. The molecule has 0 heterocycles. The van der Waals surface area contributed by atoms with E-state index in [-0.39, 0.29) is 29.0 Å². The molecule has 0 aromatic rings. The van der Waals surface area contributed by atoms with Crippen molar-refractivity contribution >= 4 is 15.7 Å². The van der Waals surface area contributed by atoms with Crippen molar-refractivity contribution in [2.75, 3.05) is 18.6 Å². The molecule has 0 aromatic heterocycles. The molecule has 3 aliphatic rings. The highest BCUT2D eigenvalue weighted by atomic mass is 32.2. The van der Waals surface area contributed by atoms with Crippen molar-refractivity contribution in [2.24, 2.45) is 28.9 Å². The summed E-state index contributed by atoms with van der Waals surface area (Å²) in [5.74, 6) is 1.37. The maximum absolute atomic E-state index is 12.5. The number of hydrogen-bond acceptors (Lipinski definition) is 4. The Morgan fingerprint density at radius 1 is 1.23 bits per heavy atom. The quantitative estimate of drug-likeness (QED) is 0.790. The monoisotopic (exact) mass is 328 g/mol. The van der Waals surface area contributed by atoms with Crippen LogP contribution in [0.15, 0.2) is 0 Å². The van der Waals surface area contributed by atoms with Crippen LogP contribution >= 0.6 is 0 Å². The van der Waals surface area contributed by atoms with E-state index < -0.39 is 9.84 Å². The van der Waals surface area contributed by atoms with Crippen molar-refractivity contribution in [3.05, 3.63) is 0 Å². The molecule has 1 amide bonds. The number of hydrogen-bond donors (Lipinski definition) is 2. The third-order valence-electron chi connectivity index (χ3n) is 5.95. The summed E-state index contributed by atoms with van der Waals surface area (Å²) >= 11 is 0. The molecule has 2 atom stereocenters. The number of carbonyl (C=O) groups excluding carboxylic acids is 1. The van der Waals surface area contributed by atoms with Gasteiger partial charge >= 0.3 is 0 Å². The maximum atomic E-state index is 12.5. The number of carbonyl (C=O) groups is 1. The van der Waals surface area contributed by atoms with E-state index in [1.165, 1.54) is 12.7 Å². The zero-order chi connectivity index (χ0) is 16.0. The van der Waals surface area contributed by atoms with E-state index in [0.29, 0.717) is 18.4 Å². The Bertz CT molecular complexity index is 528. The first-order valence-electron chi connectivity index (χ1n) is 8.49. The second kappa shape index (κ2) is 5.78. The van der Waals surface area contributed by atoms with Crippen LogP contribution in [-0.2, 0) is 14.6 Å². The van der Waals surface area contributed by atoms with E-state index in [9.17, 15) is 13.2 Å². The normalized spacial score (nSPS) is 36.6. The molecule has 5 nitrogen and oxygen atoms in total. The van der Waals surface area contributed by atoms with Crippen LogP contribution in [0.2, 0.25) is 0 Å². The van der Waals surface area contributed by atoms with Gasteiger partial charge in [0, 0.05) is 30.2 Å². The van der Waals surface area contributed by atoms with Gasteiger partial charge in [0.1, 0.15) is 9.84 Å². The first kappa shape index (κ1) is 16.2. The van der Waals surface area contributed by atoms with Gasteiger partial charge in [0.05, 0.1) is 5.75 Å². The molecule has 6 heteroatoms. The third kappa shape index (κ3) is 3.65. The Labute approximate surface area is 133 Å². The largest absolute Gasteiger partial charge is 0.355 e. The molecule has 2 unspecified atom stereocenters. The van der Waals surface area contributed by atoms with Gasteiger partial charge in [-0.3, -0.25) is 4.79 Å². The number of sulfone groups is 1. The summed E-state index contributed by atoms with van der Waals surface area (Å²) in [5, 5.41) is 3.04. The Morgan fingerprint density at radius 3 is 2.32 bits per heavy atom. The molecule has 0 aliphatic heterocycles. The fourth-order valence-electron chi connectivity index (χ4n) is 4.53. The SMILES string of the molecule is CS(=O)(=O)CC1(CNC(=O)C2CC3CCCC(C2)C3N)CC1. The lowest BCUT2D eigenvalue weighted by atomic mass is 9.65. The second-order valence-electron chi connectivity index (χ2n) is 7.98. The van der Waals surface area contributed by atoms with Crippen LogP contribution in [0, 0.1) is 23.2 Å². The summed E-state index contributed by atoms with van der Waals surface area (Å²) in [4.78, 5) is 12.5. The van der Waals surface area contributed by atoms with Crippen LogP contribution < -0.4 is 11.1 Å². The summed E-state index contributed by atoms with van der Waals surface area (Å²) in [6.45, 7) is 0.511. The highest BCUT2D eigenvalue weighted by Crippen LogP contribution is 2.46. The van der Waals surface area contributed by atoms with E-state index in [1.54, 1.807) is 0 Å². The smallest absolute Gasteiger partial charge is 0.223 e. The predicted molar refractivity (Wildman–Crippen MR) is 85.9 cm³/mol. The molecule has 3 saturated carbocycles. The molecule has 22 heavy (non-hydrogen) atoms. The second-order valence-corrected chi connectivity index (χ2v) is 10.1. The highest BCUT2D eigenvalue weighted by molar-refractivity contribution is 7.90. The average molecular weight is 328 g/mol. The molecular formula is C16H28N2O3S. The summed E-state index contributed by atoms with van der Waals surface area (Å²) in [7, 11) is -2.98. The van der Waals surface area contributed by atoms with Crippen LogP contribution in [0.3, 0.4) is 0 Å². The van der Waals surface area contributed by atoms with Crippen molar-refractivity contribution in [2.45, 2.75) is 51.0 Å². The van der Waals surface area contributed by atoms with Crippen LogP contribution in [0.4, 0.5) is 0 Å². The fraction of sp³-hybridized carbons (Fsp3) is 0.938. The van der Waals surface area contributed by atoms with Gasteiger partial charge in [0.2, 0.25) is 5.91 Å². The Morgan fingerprint density at radius 2 is 1.82 bits per heavy atom. The number of fused-ring (bicyclic) bond motifs is 2. The standard InChI is InChI=1S/C16H28N2O3S/c1-22(20,21)10-16(5-6-16)9-18-15(19)13-7-11-3-2-4-12(8-13)14(11)17/h11-14H,2-10,17H2,1H3,(H,18,19). The van der Waals surface area contributed by atoms with Gasteiger partial charge in [-0.05, 0) is 50.4 Å². The van der Waals surface area contributed by atoms with Gasteiger partial charge < -0.3 is 11.1 Å². The molecule has 0 aromatic carbocycles. The Hall–Kier alpha value is -0.620. The minimum absolute atomic E-state index is 0.0733. The number of nitrogens with one attached hydrogen (secondary N) is 1. The number of amides is 1. The van der Waals surface area contributed by atoms with E-state index in [1.807, 2.05) is 0 Å². The topological polar surface area (TPSA) is 89.3 Å². The number of rotatable bonds is 5. The van der Waals surface area contributed by atoms with Gasteiger partial charge in [-0.1, -0.05) is 6.42 Å². The van der Waals surface area contributed by atoms with Gasteiger partial charge in [0.25, 0.3) is 0 Å². The minimum atomic E-state index is -2.98. The summed E-state index contributed by atoms with van der Waals surface area (Å²) in [6.07, 6.45) is 8.44. The molecule has 0 saturated heterocycles. The van der Waals surface area contributed by atoms with E-state index >= 15 is 0 Å². The van der Waals surface area contributed by atoms with Crippen LogP contribution in [0.1, 0.15) is 44.9 Å². The first-order chi connectivity index (χ1) is 10.3.